The van der Waals surface area contributed by atoms with E-state index in [1.54, 1.807) is 6.92 Å². The molecule has 0 amide bonds. The molecule has 0 bridgehead atoms. The van der Waals surface area contributed by atoms with Crippen molar-refractivity contribution in [2.24, 2.45) is 0 Å². The zero-order valence-electron chi connectivity index (χ0n) is 11.1. The summed E-state index contributed by atoms with van der Waals surface area (Å²) in [6.07, 6.45) is 0. The van der Waals surface area contributed by atoms with E-state index < -0.39 is 11.6 Å². The van der Waals surface area contributed by atoms with Crippen molar-refractivity contribution in [2.75, 3.05) is 12.0 Å². The van der Waals surface area contributed by atoms with Gasteiger partial charge in [0.05, 0.1) is 6.61 Å². The highest BCUT2D eigenvalue weighted by atomic mass is 19.1. The summed E-state index contributed by atoms with van der Waals surface area (Å²) in [5, 5.41) is 0. The van der Waals surface area contributed by atoms with Gasteiger partial charge in [0.1, 0.15) is 5.82 Å². The lowest BCUT2D eigenvalue weighted by atomic mass is 10.2. The Bertz CT molecular complexity index is 561. The minimum Gasteiger partial charge on any atom is -0.491 e. The third-order valence-corrected chi connectivity index (χ3v) is 2.72. The van der Waals surface area contributed by atoms with Crippen LogP contribution in [0.3, 0.4) is 0 Å². The minimum absolute atomic E-state index is 0.00742. The monoisotopic (exact) mass is 278 g/mol. The lowest BCUT2D eigenvalue weighted by Gasteiger charge is -2.12. The summed E-state index contributed by atoms with van der Waals surface area (Å²) >= 11 is 0. The van der Waals surface area contributed by atoms with Crippen LogP contribution in [0.2, 0.25) is 0 Å². The Morgan fingerprint density at radius 3 is 2.50 bits per heavy atom. The van der Waals surface area contributed by atoms with E-state index in [0.29, 0.717) is 6.61 Å². The fraction of sp³-hybridized carbons (Fsp3) is 0.200. The second-order valence-corrected chi connectivity index (χ2v) is 4.12. The first kappa shape index (κ1) is 14.3. The summed E-state index contributed by atoms with van der Waals surface area (Å²) in [5.41, 5.74) is 6.42. The van der Waals surface area contributed by atoms with Crippen molar-refractivity contribution in [1.82, 2.24) is 5.43 Å². The molecule has 0 radical (unpaired) electrons. The summed E-state index contributed by atoms with van der Waals surface area (Å²) in [5.74, 6) is -1.21. The van der Waals surface area contributed by atoms with Crippen LogP contribution in [0.15, 0.2) is 42.5 Å². The van der Waals surface area contributed by atoms with Crippen LogP contribution < -0.4 is 15.6 Å². The van der Waals surface area contributed by atoms with Gasteiger partial charge in [-0.15, -0.1) is 0 Å². The van der Waals surface area contributed by atoms with Gasteiger partial charge in [-0.05, 0) is 31.2 Å². The second kappa shape index (κ2) is 6.86. The van der Waals surface area contributed by atoms with E-state index in [1.807, 2.05) is 30.3 Å². The predicted octanol–water partition coefficient (Wildman–Crippen LogP) is 3.48. The largest absolute Gasteiger partial charge is 0.491 e. The molecule has 2 rings (SSSR count). The number of nitrogens with one attached hydrogen (secondary N) is 2. The van der Waals surface area contributed by atoms with Crippen LogP contribution in [0.25, 0.3) is 0 Å². The summed E-state index contributed by atoms with van der Waals surface area (Å²) in [4.78, 5) is 0. The molecule has 106 valence electrons. The zero-order valence-corrected chi connectivity index (χ0v) is 11.1. The van der Waals surface area contributed by atoms with E-state index >= 15 is 0 Å². The summed E-state index contributed by atoms with van der Waals surface area (Å²) < 4.78 is 32.8. The number of hydrogen-bond donors (Lipinski definition) is 2. The van der Waals surface area contributed by atoms with Crippen LogP contribution >= 0.6 is 0 Å². The number of anilines is 1. The molecule has 2 aromatic rings. The molecule has 0 atom stereocenters. The van der Waals surface area contributed by atoms with Crippen molar-refractivity contribution in [3.63, 3.8) is 0 Å². The van der Waals surface area contributed by atoms with E-state index in [9.17, 15) is 8.78 Å². The maximum Gasteiger partial charge on any atom is 0.172 e. The van der Waals surface area contributed by atoms with Crippen LogP contribution in [0.5, 0.6) is 5.75 Å². The summed E-state index contributed by atoms with van der Waals surface area (Å²) in [7, 11) is 0. The fourth-order valence-electron chi connectivity index (χ4n) is 1.76. The third-order valence-electron chi connectivity index (χ3n) is 2.72. The average Bonchev–Trinajstić information content (AvgIpc) is 2.47. The SMILES string of the molecule is CCOc1ccc(F)c(CNNc2ccccc2)c1F. The van der Waals surface area contributed by atoms with Crippen molar-refractivity contribution in [2.45, 2.75) is 13.5 Å². The van der Waals surface area contributed by atoms with Gasteiger partial charge in [-0.1, -0.05) is 18.2 Å². The Morgan fingerprint density at radius 1 is 1.05 bits per heavy atom. The van der Waals surface area contributed by atoms with Gasteiger partial charge in [-0.25, -0.2) is 14.2 Å². The Kier molecular flexibility index (Phi) is 4.90. The normalized spacial score (nSPS) is 10.3. The molecule has 3 nitrogen and oxygen atoms in total. The summed E-state index contributed by atoms with van der Waals surface area (Å²) in [6.45, 7) is 2.09. The van der Waals surface area contributed by atoms with E-state index in [2.05, 4.69) is 10.9 Å². The van der Waals surface area contributed by atoms with Gasteiger partial charge in [0.15, 0.2) is 11.6 Å². The maximum absolute atomic E-state index is 14.0. The number of hydrogen-bond acceptors (Lipinski definition) is 3. The first-order chi connectivity index (χ1) is 9.72. The van der Waals surface area contributed by atoms with Gasteiger partial charge >= 0.3 is 0 Å². The molecule has 20 heavy (non-hydrogen) atoms. The molecule has 5 heteroatoms. The van der Waals surface area contributed by atoms with E-state index in [0.717, 1.165) is 5.69 Å². The highest BCUT2D eigenvalue weighted by Crippen LogP contribution is 2.23. The molecule has 0 aromatic heterocycles. The summed E-state index contributed by atoms with van der Waals surface area (Å²) in [6, 6.07) is 11.8. The van der Waals surface area contributed by atoms with E-state index in [1.165, 1.54) is 12.1 Å². The van der Waals surface area contributed by atoms with Gasteiger partial charge in [-0.2, -0.15) is 0 Å². The van der Waals surface area contributed by atoms with Crippen LogP contribution in [0, 0.1) is 11.6 Å². The Hall–Kier alpha value is -2.14. The Balaban J connectivity index is 2.03. The standard InChI is InChI=1S/C15H16F2N2O/c1-2-20-14-9-8-13(16)12(15(14)17)10-18-19-11-6-4-3-5-7-11/h3-9,18-19H,2,10H2,1H3. The first-order valence-electron chi connectivity index (χ1n) is 6.36. The molecule has 0 aliphatic heterocycles. The number of ether oxygens (including phenoxy) is 1. The third kappa shape index (κ3) is 3.45. The topological polar surface area (TPSA) is 33.3 Å². The molecule has 0 heterocycles. The number of rotatable bonds is 6. The quantitative estimate of drug-likeness (QED) is 0.794. The van der Waals surface area contributed by atoms with Crippen LogP contribution in [0.1, 0.15) is 12.5 Å². The first-order valence-corrected chi connectivity index (χ1v) is 6.36. The molecule has 0 aliphatic rings. The van der Waals surface area contributed by atoms with Crippen molar-refractivity contribution in [3.8, 4) is 5.75 Å². The molecule has 2 N–H and O–H groups in total. The molecule has 0 spiro atoms. The van der Waals surface area contributed by atoms with Gasteiger partial charge < -0.3 is 10.2 Å². The predicted molar refractivity (Wildman–Crippen MR) is 74.4 cm³/mol. The Morgan fingerprint density at radius 2 is 1.80 bits per heavy atom. The smallest absolute Gasteiger partial charge is 0.172 e. The number of benzene rings is 2. The van der Waals surface area contributed by atoms with Crippen LogP contribution in [0.4, 0.5) is 14.5 Å². The zero-order chi connectivity index (χ0) is 14.4. The van der Waals surface area contributed by atoms with Crippen LogP contribution in [-0.4, -0.2) is 6.61 Å². The minimum atomic E-state index is -0.672. The van der Waals surface area contributed by atoms with E-state index in [-0.39, 0.29) is 17.9 Å². The highest BCUT2D eigenvalue weighted by Gasteiger charge is 2.14. The molecular weight excluding hydrogens is 262 g/mol. The van der Waals surface area contributed by atoms with E-state index in [4.69, 9.17) is 4.74 Å². The second-order valence-electron chi connectivity index (χ2n) is 4.12. The lowest BCUT2D eigenvalue weighted by molar-refractivity contribution is 0.318. The van der Waals surface area contributed by atoms with Crippen molar-refractivity contribution in [3.05, 3.63) is 59.7 Å². The molecule has 0 fully saturated rings. The average molecular weight is 278 g/mol. The van der Waals surface area contributed by atoms with Gasteiger partial charge in [0.25, 0.3) is 0 Å². The van der Waals surface area contributed by atoms with Crippen molar-refractivity contribution >= 4 is 5.69 Å². The lowest BCUT2D eigenvalue weighted by Crippen LogP contribution is -2.22. The molecule has 0 saturated carbocycles. The molecule has 0 saturated heterocycles. The highest BCUT2D eigenvalue weighted by molar-refractivity contribution is 5.41. The molecule has 0 aliphatic carbocycles. The molecule has 2 aromatic carbocycles. The maximum atomic E-state index is 14.0. The van der Waals surface area contributed by atoms with Gasteiger partial charge in [0, 0.05) is 17.8 Å². The van der Waals surface area contributed by atoms with Crippen molar-refractivity contribution < 1.29 is 13.5 Å². The molecular formula is C15H16F2N2O. The van der Waals surface area contributed by atoms with Crippen LogP contribution in [-0.2, 0) is 6.54 Å². The van der Waals surface area contributed by atoms with Crippen molar-refractivity contribution in [1.29, 1.82) is 0 Å². The fourth-order valence-corrected chi connectivity index (χ4v) is 1.76. The Labute approximate surface area is 116 Å². The number of hydrazine groups is 1. The number of halogens is 2. The van der Waals surface area contributed by atoms with Gasteiger partial charge in [0.2, 0.25) is 0 Å². The number of para-hydroxylation sites is 1. The molecule has 0 unspecified atom stereocenters. The van der Waals surface area contributed by atoms with Gasteiger partial charge in [-0.3, -0.25) is 0 Å².